The van der Waals surface area contributed by atoms with Gasteiger partial charge in [-0.2, -0.15) is 0 Å². The van der Waals surface area contributed by atoms with Crippen molar-refractivity contribution in [1.29, 1.82) is 0 Å². The molecule has 1 aliphatic rings. The van der Waals surface area contributed by atoms with Crippen LogP contribution in [0.2, 0.25) is 0 Å². The molecule has 1 aliphatic carbocycles. The van der Waals surface area contributed by atoms with E-state index in [-0.39, 0.29) is 0 Å². The Morgan fingerprint density at radius 2 is 2.23 bits per heavy atom. The molecule has 0 aliphatic heterocycles. The van der Waals surface area contributed by atoms with E-state index in [0.717, 1.165) is 13.0 Å². The highest BCUT2D eigenvalue weighted by Crippen LogP contribution is 2.15. The smallest absolute Gasteiger partial charge is 0.0609 e. The molecule has 0 aromatic heterocycles. The Hall–Kier alpha value is -0.300. The predicted octanol–water partition coefficient (Wildman–Crippen LogP) is 3.69. The second-order valence-corrected chi connectivity index (χ2v) is 3.84. The lowest BCUT2D eigenvalue weighted by atomic mass is 10.0. The minimum absolute atomic E-state index is 0.503. The lowest BCUT2D eigenvalue weighted by Crippen LogP contribution is -2.13. The molecule has 0 saturated heterocycles. The van der Waals surface area contributed by atoms with Gasteiger partial charge in [-0.3, -0.25) is 0 Å². The van der Waals surface area contributed by atoms with Gasteiger partial charge >= 0.3 is 0 Å². The average Bonchev–Trinajstić information content (AvgIpc) is 2.08. The van der Waals surface area contributed by atoms with Crippen LogP contribution < -0.4 is 0 Å². The summed E-state index contributed by atoms with van der Waals surface area (Å²) < 4.78 is 5.81. The Bertz CT molecular complexity index is 140. The van der Waals surface area contributed by atoms with Crippen molar-refractivity contribution >= 4 is 0 Å². The van der Waals surface area contributed by atoms with E-state index in [1.165, 1.54) is 38.5 Å². The standard InChI is InChI=1S/C12H22O/c1-2-3-11-13-12-9-7-5-4-6-8-10-12/h5,7,12H,2-4,6,8-11H2,1H3. The van der Waals surface area contributed by atoms with Crippen molar-refractivity contribution in [3.63, 3.8) is 0 Å². The van der Waals surface area contributed by atoms with E-state index in [9.17, 15) is 0 Å². The molecular weight excluding hydrogens is 160 g/mol. The maximum absolute atomic E-state index is 5.81. The molecule has 0 aromatic rings. The molecule has 0 fully saturated rings. The van der Waals surface area contributed by atoms with Gasteiger partial charge in [0.25, 0.3) is 0 Å². The van der Waals surface area contributed by atoms with Gasteiger partial charge in [0.05, 0.1) is 6.10 Å². The van der Waals surface area contributed by atoms with E-state index in [1.54, 1.807) is 0 Å². The fraction of sp³-hybridized carbons (Fsp3) is 0.833. The molecule has 1 rings (SSSR count). The van der Waals surface area contributed by atoms with Gasteiger partial charge in [0, 0.05) is 6.61 Å². The van der Waals surface area contributed by atoms with Crippen molar-refractivity contribution in [2.45, 2.75) is 58.0 Å². The first kappa shape index (κ1) is 10.8. The van der Waals surface area contributed by atoms with Gasteiger partial charge in [-0.1, -0.05) is 31.9 Å². The van der Waals surface area contributed by atoms with Crippen molar-refractivity contribution in [3.8, 4) is 0 Å². The van der Waals surface area contributed by atoms with Crippen LogP contribution in [-0.4, -0.2) is 12.7 Å². The maximum Gasteiger partial charge on any atom is 0.0609 e. The topological polar surface area (TPSA) is 9.23 Å². The summed E-state index contributed by atoms with van der Waals surface area (Å²) in [4.78, 5) is 0. The first-order valence-corrected chi connectivity index (χ1v) is 5.70. The molecule has 1 atom stereocenters. The van der Waals surface area contributed by atoms with E-state index in [0.29, 0.717) is 6.10 Å². The number of hydrogen-bond acceptors (Lipinski definition) is 1. The molecule has 0 N–H and O–H groups in total. The summed E-state index contributed by atoms with van der Waals surface area (Å²) in [6.07, 6.45) is 13.9. The number of rotatable bonds is 4. The Morgan fingerprint density at radius 3 is 3.08 bits per heavy atom. The summed E-state index contributed by atoms with van der Waals surface area (Å²) in [6, 6.07) is 0. The van der Waals surface area contributed by atoms with Crippen LogP contribution >= 0.6 is 0 Å². The van der Waals surface area contributed by atoms with Crippen LogP contribution in [0.4, 0.5) is 0 Å². The lowest BCUT2D eigenvalue weighted by molar-refractivity contribution is 0.0454. The summed E-state index contributed by atoms with van der Waals surface area (Å²) >= 11 is 0. The predicted molar refractivity (Wildman–Crippen MR) is 56.9 cm³/mol. The van der Waals surface area contributed by atoms with Crippen LogP contribution in [0.3, 0.4) is 0 Å². The van der Waals surface area contributed by atoms with Crippen LogP contribution in [0, 0.1) is 0 Å². The molecule has 13 heavy (non-hydrogen) atoms. The quantitative estimate of drug-likeness (QED) is 0.476. The zero-order chi connectivity index (χ0) is 9.36. The summed E-state index contributed by atoms with van der Waals surface area (Å²) in [7, 11) is 0. The minimum atomic E-state index is 0.503. The fourth-order valence-electron chi connectivity index (χ4n) is 1.66. The monoisotopic (exact) mass is 182 g/mol. The van der Waals surface area contributed by atoms with Crippen LogP contribution in [-0.2, 0) is 4.74 Å². The van der Waals surface area contributed by atoms with Crippen molar-refractivity contribution in [2.75, 3.05) is 6.61 Å². The highest BCUT2D eigenvalue weighted by Gasteiger charge is 2.07. The molecule has 1 unspecified atom stereocenters. The Balaban J connectivity index is 2.14. The lowest BCUT2D eigenvalue weighted by Gasteiger charge is -2.17. The average molecular weight is 182 g/mol. The molecule has 0 saturated carbocycles. The summed E-state index contributed by atoms with van der Waals surface area (Å²) in [6.45, 7) is 3.16. The molecule has 0 heterocycles. The zero-order valence-electron chi connectivity index (χ0n) is 8.80. The molecule has 0 radical (unpaired) electrons. The first-order chi connectivity index (χ1) is 6.43. The van der Waals surface area contributed by atoms with Gasteiger partial charge < -0.3 is 4.74 Å². The van der Waals surface area contributed by atoms with Gasteiger partial charge in [-0.15, -0.1) is 0 Å². The molecule has 0 amide bonds. The van der Waals surface area contributed by atoms with E-state index < -0.39 is 0 Å². The summed E-state index contributed by atoms with van der Waals surface area (Å²) in [5, 5.41) is 0. The molecular formula is C12H22O. The number of allylic oxidation sites excluding steroid dienone is 1. The van der Waals surface area contributed by atoms with E-state index in [1.807, 2.05) is 0 Å². The third kappa shape index (κ3) is 5.09. The van der Waals surface area contributed by atoms with Crippen LogP contribution in [0.15, 0.2) is 12.2 Å². The van der Waals surface area contributed by atoms with Crippen molar-refractivity contribution in [2.24, 2.45) is 0 Å². The van der Waals surface area contributed by atoms with E-state index >= 15 is 0 Å². The Morgan fingerprint density at radius 1 is 1.31 bits per heavy atom. The van der Waals surface area contributed by atoms with Gasteiger partial charge in [-0.25, -0.2) is 0 Å². The van der Waals surface area contributed by atoms with E-state index in [2.05, 4.69) is 19.1 Å². The summed E-state index contributed by atoms with van der Waals surface area (Å²) in [5.41, 5.74) is 0. The molecule has 0 aromatic carbocycles. The molecule has 0 bridgehead atoms. The van der Waals surface area contributed by atoms with Crippen molar-refractivity contribution < 1.29 is 4.74 Å². The van der Waals surface area contributed by atoms with Gasteiger partial charge in [0.1, 0.15) is 0 Å². The first-order valence-electron chi connectivity index (χ1n) is 5.70. The molecule has 76 valence electrons. The third-order valence-corrected chi connectivity index (χ3v) is 2.56. The second-order valence-electron chi connectivity index (χ2n) is 3.84. The Labute approximate surface area is 82.2 Å². The molecule has 1 nitrogen and oxygen atoms in total. The van der Waals surface area contributed by atoms with Crippen LogP contribution in [0.1, 0.15) is 51.9 Å². The second kappa shape index (κ2) is 7.14. The molecule has 1 heteroatoms. The third-order valence-electron chi connectivity index (χ3n) is 2.56. The Kier molecular flexibility index (Phi) is 5.92. The van der Waals surface area contributed by atoms with Crippen molar-refractivity contribution in [3.05, 3.63) is 12.2 Å². The molecule has 0 spiro atoms. The number of ether oxygens (including phenoxy) is 1. The minimum Gasteiger partial charge on any atom is -0.378 e. The number of unbranched alkanes of at least 4 members (excludes halogenated alkanes) is 1. The van der Waals surface area contributed by atoms with Gasteiger partial charge in [0.15, 0.2) is 0 Å². The fourth-order valence-corrected chi connectivity index (χ4v) is 1.66. The number of hydrogen-bond donors (Lipinski definition) is 0. The largest absolute Gasteiger partial charge is 0.378 e. The van der Waals surface area contributed by atoms with Crippen LogP contribution in [0.5, 0.6) is 0 Å². The normalized spacial score (nSPS) is 23.9. The van der Waals surface area contributed by atoms with E-state index in [4.69, 9.17) is 4.74 Å². The van der Waals surface area contributed by atoms with Crippen LogP contribution in [0.25, 0.3) is 0 Å². The SMILES string of the molecule is CCCCOC1CC=CCCCC1. The van der Waals surface area contributed by atoms with Gasteiger partial charge in [0.2, 0.25) is 0 Å². The summed E-state index contributed by atoms with van der Waals surface area (Å²) in [5.74, 6) is 0. The van der Waals surface area contributed by atoms with Crippen molar-refractivity contribution in [1.82, 2.24) is 0 Å². The highest BCUT2D eigenvalue weighted by molar-refractivity contribution is 4.86. The van der Waals surface area contributed by atoms with Gasteiger partial charge in [-0.05, 0) is 32.1 Å². The highest BCUT2D eigenvalue weighted by atomic mass is 16.5. The maximum atomic E-state index is 5.81. The zero-order valence-corrected chi connectivity index (χ0v) is 8.80.